The molecule has 0 bridgehead atoms. The highest BCUT2D eigenvalue weighted by Gasteiger charge is 1.98. The van der Waals surface area contributed by atoms with E-state index in [0.29, 0.717) is 0 Å². The van der Waals surface area contributed by atoms with Gasteiger partial charge in [-0.05, 0) is 0 Å². The molecule has 0 atom stereocenters. The molecule has 6 N–H and O–H groups in total. The molecule has 0 spiro atoms. The van der Waals surface area contributed by atoms with Crippen molar-refractivity contribution < 1.29 is 11.5 Å². The minimum absolute atomic E-state index is 0.867. The lowest BCUT2D eigenvalue weighted by atomic mass is 10.1. The number of rotatable bonds is 2. The molecule has 0 saturated carbocycles. The minimum atomic E-state index is 0.867. The van der Waals surface area contributed by atoms with E-state index >= 15 is 0 Å². The van der Waals surface area contributed by atoms with E-state index in [1.165, 1.54) is 11.1 Å². The zero-order valence-electron chi connectivity index (χ0n) is 6.14. The first-order valence-corrected chi connectivity index (χ1v) is 3.53. The molecule has 2 heteroatoms. The lowest BCUT2D eigenvalue weighted by molar-refractivity contribution is -0.394. The van der Waals surface area contributed by atoms with Crippen LogP contribution in [0.4, 0.5) is 0 Å². The quantitative estimate of drug-likeness (QED) is 0.536. The van der Waals surface area contributed by atoms with Crippen molar-refractivity contribution >= 4 is 0 Å². The molecule has 0 unspecified atom stereocenters. The lowest BCUT2D eigenvalue weighted by Gasteiger charge is -1.98. The van der Waals surface area contributed by atoms with Crippen molar-refractivity contribution in [3.63, 3.8) is 0 Å². The van der Waals surface area contributed by atoms with Crippen molar-refractivity contribution in [2.45, 2.75) is 13.1 Å². The van der Waals surface area contributed by atoms with Gasteiger partial charge in [0.25, 0.3) is 0 Å². The van der Waals surface area contributed by atoms with Crippen LogP contribution in [0.2, 0.25) is 0 Å². The highest BCUT2D eigenvalue weighted by atomic mass is 14.6. The van der Waals surface area contributed by atoms with Crippen LogP contribution < -0.4 is 11.5 Å². The lowest BCUT2D eigenvalue weighted by Crippen LogP contribution is -2.50. The fraction of sp³-hybridized carbons (Fsp3) is 0.250. The first-order valence-electron chi connectivity index (χ1n) is 3.53. The van der Waals surface area contributed by atoms with E-state index in [9.17, 15) is 0 Å². The van der Waals surface area contributed by atoms with Crippen molar-refractivity contribution in [2.24, 2.45) is 0 Å². The van der Waals surface area contributed by atoms with Gasteiger partial charge in [-0.2, -0.15) is 0 Å². The number of hydrogen-bond donors (Lipinski definition) is 2. The predicted octanol–water partition coefficient (Wildman–Crippen LogP) is -0.830. The Morgan fingerprint density at radius 2 is 1.30 bits per heavy atom. The highest BCUT2D eigenvalue weighted by Crippen LogP contribution is 2.04. The second-order valence-electron chi connectivity index (χ2n) is 2.27. The van der Waals surface area contributed by atoms with E-state index in [1.807, 2.05) is 12.1 Å². The molecular weight excluding hydrogens is 124 g/mol. The molecule has 1 aromatic carbocycles. The van der Waals surface area contributed by atoms with E-state index in [0.717, 1.165) is 13.1 Å². The molecule has 0 aromatic heterocycles. The third-order valence-electron chi connectivity index (χ3n) is 1.66. The van der Waals surface area contributed by atoms with E-state index in [-0.39, 0.29) is 0 Å². The van der Waals surface area contributed by atoms with E-state index < -0.39 is 0 Å². The minimum Gasteiger partial charge on any atom is -0.354 e. The molecule has 2 nitrogen and oxygen atoms in total. The number of quaternary nitrogens is 2. The molecule has 10 heavy (non-hydrogen) atoms. The summed E-state index contributed by atoms with van der Waals surface area (Å²) in [7, 11) is 0. The molecule has 0 aliphatic rings. The summed E-state index contributed by atoms with van der Waals surface area (Å²) in [6, 6.07) is 8.29. The smallest absolute Gasteiger partial charge is 0.100 e. The zero-order chi connectivity index (χ0) is 7.40. The highest BCUT2D eigenvalue weighted by molar-refractivity contribution is 5.24. The molecule has 0 aliphatic carbocycles. The molecule has 1 aromatic rings. The second-order valence-corrected chi connectivity index (χ2v) is 2.27. The van der Waals surface area contributed by atoms with Gasteiger partial charge in [-0.3, -0.25) is 0 Å². The van der Waals surface area contributed by atoms with Crippen molar-refractivity contribution in [3.05, 3.63) is 35.4 Å². The van der Waals surface area contributed by atoms with Crippen molar-refractivity contribution in [1.29, 1.82) is 0 Å². The van der Waals surface area contributed by atoms with Gasteiger partial charge < -0.3 is 11.5 Å². The first kappa shape index (κ1) is 7.25. The van der Waals surface area contributed by atoms with Gasteiger partial charge in [-0.25, -0.2) is 0 Å². The average molecular weight is 138 g/mol. The van der Waals surface area contributed by atoms with Crippen LogP contribution in [0.15, 0.2) is 24.3 Å². The summed E-state index contributed by atoms with van der Waals surface area (Å²) in [5.74, 6) is 0. The zero-order valence-corrected chi connectivity index (χ0v) is 6.14. The van der Waals surface area contributed by atoms with E-state index in [4.69, 9.17) is 0 Å². The fourth-order valence-corrected chi connectivity index (χ4v) is 1.05. The fourth-order valence-electron chi connectivity index (χ4n) is 1.05. The molecule has 0 aliphatic heterocycles. The summed E-state index contributed by atoms with van der Waals surface area (Å²) < 4.78 is 0. The maximum atomic E-state index is 3.84. The Morgan fingerprint density at radius 1 is 0.900 bits per heavy atom. The average Bonchev–Trinajstić information content (AvgIpc) is 2.04. The predicted molar refractivity (Wildman–Crippen MR) is 39.6 cm³/mol. The molecule has 1 rings (SSSR count). The van der Waals surface area contributed by atoms with Crippen LogP contribution >= 0.6 is 0 Å². The largest absolute Gasteiger partial charge is 0.354 e. The third kappa shape index (κ3) is 1.35. The summed E-state index contributed by atoms with van der Waals surface area (Å²) in [6.07, 6.45) is 0. The summed E-state index contributed by atoms with van der Waals surface area (Å²) in [5, 5.41) is 0. The van der Waals surface area contributed by atoms with Gasteiger partial charge in [0.05, 0.1) is 0 Å². The standard InChI is InChI=1S/C8H12N2/c9-5-7-3-1-2-4-8(7)6-10/h1-4H,5-6,9-10H2/p+2. The Bertz CT molecular complexity index is 185. The van der Waals surface area contributed by atoms with Crippen LogP contribution in [0.5, 0.6) is 0 Å². The molecule has 0 heterocycles. The topological polar surface area (TPSA) is 55.3 Å². The number of benzene rings is 1. The van der Waals surface area contributed by atoms with Crippen LogP contribution in [-0.2, 0) is 13.1 Å². The van der Waals surface area contributed by atoms with Gasteiger partial charge >= 0.3 is 0 Å². The van der Waals surface area contributed by atoms with Gasteiger partial charge in [-0.15, -0.1) is 0 Å². The normalized spacial score (nSPS) is 9.80. The molecule has 0 saturated heterocycles. The van der Waals surface area contributed by atoms with Gasteiger partial charge in [0.15, 0.2) is 0 Å². The van der Waals surface area contributed by atoms with E-state index in [2.05, 4.69) is 23.6 Å². The Morgan fingerprint density at radius 3 is 1.60 bits per heavy atom. The Balaban J connectivity index is 2.96. The van der Waals surface area contributed by atoms with Gasteiger partial charge in [-0.1, -0.05) is 24.3 Å². The Hall–Kier alpha value is -0.860. The summed E-state index contributed by atoms with van der Waals surface area (Å²) >= 11 is 0. The molecule has 0 radical (unpaired) electrons. The summed E-state index contributed by atoms with van der Waals surface area (Å²) in [4.78, 5) is 0. The van der Waals surface area contributed by atoms with Crippen LogP contribution in [0, 0.1) is 0 Å². The summed E-state index contributed by atoms with van der Waals surface area (Å²) in [5.41, 5.74) is 10.3. The Kier molecular flexibility index (Phi) is 2.42. The SMILES string of the molecule is [NH3+]Cc1ccccc1C[NH3+]. The van der Waals surface area contributed by atoms with Crippen molar-refractivity contribution in [2.75, 3.05) is 0 Å². The summed E-state index contributed by atoms with van der Waals surface area (Å²) in [6.45, 7) is 1.73. The van der Waals surface area contributed by atoms with Crippen molar-refractivity contribution in [3.8, 4) is 0 Å². The molecular formula is C8H14N2+2. The van der Waals surface area contributed by atoms with E-state index in [1.54, 1.807) is 0 Å². The van der Waals surface area contributed by atoms with Gasteiger partial charge in [0.1, 0.15) is 13.1 Å². The van der Waals surface area contributed by atoms with Crippen LogP contribution in [0.1, 0.15) is 11.1 Å². The van der Waals surface area contributed by atoms with Crippen molar-refractivity contribution in [1.82, 2.24) is 0 Å². The maximum absolute atomic E-state index is 3.84. The molecule has 0 fully saturated rings. The first-order chi connectivity index (χ1) is 4.88. The third-order valence-corrected chi connectivity index (χ3v) is 1.66. The molecule has 54 valence electrons. The van der Waals surface area contributed by atoms with Crippen LogP contribution in [0.3, 0.4) is 0 Å². The monoisotopic (exact) mass is 138 g/mol. The van der Waals surface area contributed by atoms with Crippen LogP contribution in [0.25, 0.3) is 0 Å². The van der Waals surface area contributed by atoms with Crippen LogP contribution in [-0.4, -0.2) is 0 Å². The van der Waals surface area contributed by atoms with Gasteiger partial charge in [0.2, 0.25) is 0 Å². The maximum Gasteiger partial charge on any atom is 0.100 e. The van der Waals surface area contributed by atoms with Gasteiger partial charge in [0, 0.05) is 11.1 Å². The molecule has 0 amide bonds. The second kappa shape index (κ2) is 3.34. The number of hydrogen-bond acceptors (Lipinski definition) is 0. The Labute approximate surface area is 60.8 Å².